The summed E-state index contributed by atoms with van der Waals surface area (Å²) in [7, 11) is 1.61. The lowest BCUT2D eigenvalue weighted by Crippen LogP contribution is -2.07. The molecule has 2 aromatic rings. The van der Waals surface area contributed by atoms with Crippen LogP contribution in [0.15, 0.2) is 40.9 Å². The maximum absolute atomic E-state index is 13.8. The van der Waals surface area contributed by atoms with Crippen molar-refractivity contribution < 1.29 is 13.9 Å². The summed E-state index contributed by atoms with van der Waals surface area (Å²) in [5, 5.41) is 0. The Morgan fingerprint density at radius 1 is 1.24 bits per heavy atom. The van der Waals surface area contributed by atoms with Gasteiger partial charge in [-0.2, -0.15) is 0 Å². The van der Waals surface area contributed by atoms with Gasteiger partial charge in [0.2, 0.25) is 0 Å². The zero-order valence-corrected chi connectivity index (χ0v) is 13.5. The van der Waals surface area contributed by atoms with Crippen LogP contribution < -0.4 is 15.2 Å². The van der Waals surface area contributed by atoms with Gasteiger partial charge in [-0.25, -0.2) is 4.39 Å². The summed E-state index contributed by atoms with van der Waals surface area (Å²) in [6, 6.07) is 10.1. The van der Waals surface area contributed by atoms with E-state index in [1.165, 1.54) is 6.07 Å². The first-order chi connectivity index (χ1) is 10.0. The van der Waals surface area contributed by atoms with Crippen LogP contribution in [-0.2, 0) is 6.61 Å². The van der Waals surface area contributed by atoms with Gasteiger partial charge >= 0.3 is 0 Å². The van der Waals surface area contributed by atoms with Crippen molar-refractivity contribution >= 4 is 15.9 Å². The molecule has 2 N–H and O–H groups in total. The Balaban J connectivity index is 2.06. The first-order valence-corrected chi connectivity index (χ1v) is 7.31. The predicted octanol–water partition coefficient (Wildman–Crippen LogP) is 4.20. The van der Waals surface area contributed by atoms with Crippen LogP contribution in [0.4, 0.5) is 4.39 Å². The van der Waals surface area contributed by atoms with Gasteiger partial charge in [-0.15, -0.1) is 0 Å². The molecule has 0 amide bonds. The van der Waals surface area contributed by atoms with E-state index in [9.17, 15) is 4.39 Å². The van der Waals surface area contributed by atoms with E-state index in [0.717, 1.165) is 15.8 Å². The Labute approximate surface area is 132 Å². The third-order valence-corrected chi connectivity index (χ3v) is 3.70. The van der Waals surface area contributed by atoms with Crippen molar-refractivity contribution in [1.82, 2.24) is 0 Å². The molecule has 0 saturated heterocycles. The quantitative estimate of drug-likeness (QED) is 0.876. The van der Waals surface area contributed by atoms with E-state index >= 15 is 0 Å². The molecule has 0 aliphatic carbocycles. The van der Waals surface area contributed by atoms with Crippen LogP contribution in [0.1, 0.15) is 24.1 Å². The van der Waals surface area contributed by atoms with Crippen LogP contribution in [0.3, 0.4) is 0 Å². The molecule has 1 atom stereocenters. The topological polar surface area (TPSA) is 44.5 Å². The molecular formula is C16H17BrFNO2. The third kappa shape index (κ3) is 3.95. The Morgan fingerprint density at radius 3 is 2.57 bits per heavy atom. The van der Waals surface area contributed by atoms with Crippen LogP contribution >= 0.6 is 15.9 Å². The smallest absolute Gasteiger partial charge is 0.133 e. The molecule has 0 aliphatic rings. The summed E-state index contributed by atoms with van der Waals surface area (Å²) < 4.78 is 25.4. The normalized spacial score (nSPS) is 12.0. The maximum atomic E-state index is 13.8. The van der Waals surface area contributed by atoms with Gasteiger partial charge < -0.3 is 15.2 Å². The number of benzene rings is 2. The molecule has 2 rings (SSSR count). The fourth-order valence-corrected chi connectivity index (χ4v) is 2.52. The van der Waals surface area contributed by atoms with Gasteiger partial charge in [-0.05, 0) is 46.6 Å². The Kier molecular flexibility index (Phi) is 5.20. The van der Waals surface area contributed by atoms with Crippen molar-refractivity contribution in [3.8, 4) is 11.5 Å². The lowest BCUT2D eigenvalue weighted by molar-refractivity contribution is 0.304. The highest BCUT2D eigenvalue weighted by Crippen LogP contribution is 2.26. The molecule has 0 fully saturated rings. The number of ether oxygens (including phenoxy) is 2. The van der Waals surface area contributed by atoms with Crippen molar-refractivity contribution in [3.63, 3.8) is 0 Å². The molecule has 0 heterocycles. The van der Waals surface area contributed by atoms with Crippen LogP contribution in [0.25, 0.3) is 0 Å². The summed E-state index contributed by atoms with van der Waals surface area (Å²) >= 11 is 3.42. The molecule has 3 nitrogen and oxygen atoms in total. The molecule has 21 heavy (non-hydrogen) atoms. The number of hydrogen-bond donors (Lipinski definition) is 1. The van der Waals surface area contributed by atoms with Crippen LogP contribution in [0.5, 0.6) is 11.5 Å². The van der Waals surface area contributed by atoms with Crippen molar-refractivity contribution in [2.24, 2.45) is 5.73 Å². The average molecular weight is 354 g/mol. The number of methoxy groups -OCH3 is 1. The second kappa shape index (κ2) is 6.91. The first kappa shape index (κ1) is 15.8. The molecule has 0 unspecified atom stereocenters. The Hall–Kier alpha value is -1.59. The molecule has 112 valence electrons. The summed E-state index contributed by atoms with van der Waals surface area (Å²) in [6.45, 7) is 2.09. The molecule has 0 spiro atoms. The molecule has 0 aliphatic heterocycles. The van der Waals surface area contributed by atoms with Crippen LogP contribution in [0.2, 0.25) is 0 Å². The second-order valence-corrected chi connectivity index (χ2v) is 5.58. The summed E-state index contributed by atoms with van der Waals surface area (Å²) in [5.41, 5.74) is 7.11. The summed E-state index contributed by atoms with van der Waals surface area (Å²) in [5.74, 6) is 0.883. The monoisotopic (exact) mass is 353 g/mol. The second-order valence-electron chi connectivity index (χ2n) is 4.73. The van der Waals surface area contributed by atoms with E-state index in [4.69, 9.17) is 15.2 Å². The van der Waals surface area contributed by atoms with Gasteiger partial charge in [0.1, 0.15) is 23.9 Å². The van der Waals surface area contributed by atoms with Gasteiger partial charge in [0.15, 0.2) is 0 Å². The molecule has 0 aromatic heterocycles. The molecule has 0 saturated carbocycles. The average Bonchev–Trinajstić information content (AvgIpc) is 2.45. The zero-order valence-electron chi connectivity index (χ0n) is 11.9. The SMILES string of the molecule is COc1ccc(COc2ccc([C@@H](C)N)c(F)c2)cc1Br. The van der Waals surface area contributed by atoms with E-state index in [0.29, 0.717) is 17.9 Å². The van der Waals surface area contributed by atoms with Gasteiger partial charge in [-0.3, -0.25) is 0 Å². The minimum atomic E-state index is -0.349. The minimum Gasteiger partial charge on any atom is -0.496 e. The van der Waals surface area contributed by atoms with Crippen molar-refractivity contribution in [1.29, 1.82) is 0 Å². The third-order valence-electron chi connectivity index (χ3n) is 3.08. The van der Waals surface area contributed by atoms with Gasteiger partial charge in [0, 0.05) is 17.7 Å². The van der Waals surface area contributed by atoms with Crippen LogP contribution in [0, 0.1) is 5.82 Å². The number of rotatable bonds is 5. The zero-order chi connectivity index (χ0) is 15.4. The van der Waals surface area contributed by atoms with E-state index in [-0.39, 0.29) is 11.9 Å². The lowest BCUT2D eigenvalue weighted by atomic mass is 10.1. The van der Waals surface area contributed by atoms with Gasteiger partial charge in [0.05, 0.1) is 11.6 Å². The standard InChI is InChI=1S/C16H17BrFNO2/c1-10(19)13-5-4-12(8-15(13)18)21-9-11-3-6-16(20-2)14(17)7-11/h3-8,10H,9,19H2,1-2H3/t10-/m1/s1. The highest BCUT2D eigenvalue weighted by atomic mass is 79.9. The molecule has 0 radical (unpaired) electrons. The summed E-state index contributed by atoms with van der Waals surface area (Å²) in [6.07, 6.45) is 0. The Morgan fingerprint density at radius 2 is 2.00 bits per heavy atom. The van der Waals surface area contributed by atoms with E-state index in [1.807, 2.05) is 18.2 Å². The lowest BCUT2D eigenvalue weighted by Gasteiger charge is -2.11. The Bertz CT molecular complexity index is 632. The van der Waals surface area contributed by atoms with E-state index < -0.39 is 0 Å². The number of nitrogens with two attached hydrogens (primary N) is 1. The molecule has 2 aromatic carbocycles. The van der Waals surface area contributed by atoms with E-state index in [1.54, 1.807) is 26.2 Å². The molecular weight excluding hydrogens is 337 g/mol. The van der Waals surface area contributed by atoms with Gasteiger partial charge in [0.25, 0.3) is 0 Å². The maximum Gasteiger partial charge on any atom is 0.133 e. The largest absolute Gasteiger partial charge is 0.496 e. The molecule has 0 bridgehead atoms. The first-order valence-electron chi connectivity index (χ1n) is 6.51. The minimum absolute atomic E-state index is 0.336. The summed E-state index contributed by atoms with van der Waals surface area (Å²) in [4.78, 5) is 0. The van der Waals surface area contributed by atoms with Crippen molar-refractivity contribution in [2.45, 2.75) is 19.6 Å². The fourth-order valence-electron chi connectivity index (χ4n) is 1.93. The predicted molar refractivity (Wildman–Crippen MR) is 84.0 cm³/mol. The van der Waals surface area contributed by atoms with E-state index in [2.05, 4.69) is 15.9 Å². The number of halogens is 2. The molecule has 5 heteroatoms. The van der Waals surface area contributed by atoms with Crippen LogP contribution in [-0.4, -0.2) is 7.11 Å². The highest BCUT2D eigenvalue weighted by molar-refractivity contribution is 9.10. The number of hydrogen-bond acceptors (Lipinski definition) is 3. The fraction of sp³-hybridized carbons (Fsp3) is 0.250. The van der Waals surface area contributed by atoms with Crippen molar-refractivity contribution in [2.75, 3.05) is 7.11 Å². The highest BCUT2D eigenvalue weighted by Gasteiger charge is 2.08. The van der Waals surface area contributed by atoms with Crippen molar-refractivity contribution in [3.05, 3.63) is 57.8 Å². The van der Waals surface area contributed by atoms with Gasteiger partial charge in [-0.1, -0.05) is 12.1 Å².